The van der Waals surface area contributed by atoms with Crippen LogP contribution in [0, 0.1) is 11.2 Å². The number of nitrogens with zero attached hydrogens (tertiary/aromatic N) is 1. The highest BCUT2D eigenvalue weighted by molar-refractivity contribution is 5.22. The molecule has 0 saturated carbocycles. The summed E-state index contributed by atoms with van der Waals surface area (Å²) in [6.45, 7) is 8.04. The first-order valence-electron chi connectivity index (χ1n) is 6.86. The van der Waals surface area contributed by atoms with E-state index in [0.29, 0.717) is 0 Å². The highest BCUT2D eigenvalue weighted by atomic mass is 19.1. The molecule has 4 heteroatoms. The van der Waals surface area contributed by atoms with Gasteiger partial charge in [0.1, 0.15) is 5.82 Å². The second-order valence-corrected chi connectivity index (χ2v) is 5.89. The summed E-state index contributed by atoms with van der Waals surface area (Å²) in [7, 11) is 0. The number of hydrogen-bond acceptors (Lipinski definition) is 3. The molecule has 1 atom stereocenters. The van der Waals surface area contributed by atoms with E-state index >= 15 is 0 Å². The Balaban J connectivity index is 2.30. The van der Waals surface area contributed by atoms with Crippen LogP contribution in [0.3, 0.4) is 0 Å². The Morgan fingerprint density at radius 3 is 2.37 bits per heavy atom. The van der Waals surface area contributed by atoms with Gasteiger partial charge in [-0.3, -0.25) is 4.90 Å². The fraction of sp³-hybridized carbons (Fsp3) is 0.600. The maximum absolute atomic E-state index is 13.1. The Bertz CT molecular complexity index is 399. The van der Waals surface area contributed by atoms with Crippen molar-refractivity contribution in [3.8, 4) is 0 Å². The van der Waals surface area contributed by atoms with Crippen molar-refractivity contribution < 1.29 is 9.50 Å². The Labute approximate surface area is 114 Å². The summed E-state index contributed by atoms with van der Waals surface area (Å²) in [4.78, 5) is 2.37. The van der Waals surface area contributed by atoms with Crippen LogP contribution in [0.25, 0.3) is 0 Å². The highest BCUT2D eigenvalue weighted by Gasteiger charge is 2.35. The molecule has 1 aromatic carbocycles. The van der Waals surface area contributed by atoms with Crippen molar-refractivity contribution in [2.45, 2.75) is 19.9 Å². The number of nitrogens with one attached hydrogen (secondary N) is 1. The van der Waals surface area contributed by atoms with Gasteiger partial charge in [0.05, 0.1) is 0 Å². The van der Waals surface area contributed by atoms with E-state index in [1.807, 2.05) is 12.1 Å². The molecule has 1 fully saturated rings. The topological polar surface area (TPSA) is 35.5 Å². The van der Waals surface area contributed by atoms with Gasteiger partial charge in [0.15, 0.2) is 0 Å². The number of piperazine rings is 1. The van der Waals surface area contributed by atoms with Crippen LogP contribution < -0.4 is 5.32 Å². The van der Waals surface area contributed by atoms with Crippen molar-refractivity contribution in [2.24, 2.45) is 5.41 Å². The Morgan fingerprint density at radius 1 is 1.26 bits per heavy atom. The van der Waals surface area contributed by atoms with E-state index in [1.165, 1.54) is 12.1 Å². The molecule has 0 spiro atoms. The molecule has 0 bridgehead atoms. The van der Waals surface area contributed by atoms with Crippen LogP contribution in [0.15, 0.2) is 24.3 Å². The van der Waals surface area contributed by atoms with Gasteiger partial charge in [0, 0.05) is 44.2 Å². The Hall–Kier alpha value is -0.970. The van der Waals surface area contributed by atoms with Crippen LogP contribution in [-0.2, 0) is 0 Å². The Morgan fingerprint density at radius 2 is 1.84 bits per heavy atom. The lowest BCUT2D eigenvalue weighted by atomic mass is 9.80. The summed E-state index contributed by atoms with van der Waals surface area (Å²) in [5, 5.41) is 13.0. The van der Waals surface area contributed by atoms with E-state index in [1.54, 1.807) is 0 Å². The van der Waals surface area contributed by atoms with Crippen LogP contribution in [0.5, 0.6) is 0 Å². The van der Waals surface area contributed by atoms with E-state index in [-0.39, 0.29) is 23.9 Å². The molecule has 0 unspecified atom stereocenters. The highest BCUT2D eigenvalue weighted by Crippen LogP contribution is 2.38. The molecule has 1 saturated heterocycles. The van der Waals surface area contributed by atoms with Crippen LogP contribution in [0.4, 0.5) is 4.39 Å². The molecular formula is C15H23FN2O. The monoisotopic (exact) mass is 266 g/mol. The second kappa shape index (κ2) is 5.99. The SMILES string of the molecule is CC(C)(CO)[C@@H](c1ccc(F)cc1)N1CCNCC1. The molecule has 1 aromatic rings. The van der Waals surface area contributed by atoms with Crippen LogP contribution >= 0.6 is 0 Å². The van der Waals surface area contributed by atoms with Crippen molar-refractivity contribution in [3.05, 3.63) is 35.6 Å². The largest absolute Gasteiger partial charge is 0.396 e. The zero-order chi connectivity index (χ0) is 13.9. The number of rotatable bonds is 4. The molecule has 106 valence electrons. The number of halogens is 1. The first kappa shape index (κ1) is 14.4. The van der Waals surface area contributed by atoms with Gasteiger partial charge in [-0.25, -0.2) is 4.39 Å². The van der Waals surface area contributed by atoms with Crippen LogP contribution in [0.1, 0.15) is 25.5 Å². The average molecular weight is 266 g/mol. The third-order valence-electron chi connectivity index (χ3n) is 3.85. The molecule has 1 aliphatic rings. The molecule has 3 nitrogen and oxygen atoms in total. The van der Waals surface area contributed by atoms with Crippen molar-refractivity contribution in [3.63, 3.8) is 0 Å². The Kier molecular flexibility index (Phi) is 4.55. The predicted octanol–water partition coefficient (Wildman–Crippen LogP) is 1.79. The lowest BCUT2D eigenvalue weighted by Crippen LogP contribution is -2.49. The minimum absolute atomic E-state index is 0.110. The molecule has 1 heterocycles. The predicted molar refractivity (Wildman–Crippen MR) is 74.5 cm³/mol. The lowest BCUT2D eigenvalue weighted by molar-refractivity contribution is 0.0305. The number of benzene rings is 1. The van der Waals surface area contributed by atoms with Crippen LogP contribution in [0.2, 0.25) is 0 Å². The summed E-state index contributed by atoms with van der Waals surface area (Å²) in [5.41, 5.74) is 0.817. The lowest BCUT2D eigenvalue weighted by Gasteiger charge is -2.43. The first-order chi connectivity index (χ1) is 9.04. The van der Waals surface area contributed by atoms with Gasteiger partial charge in [-0.05, 0) is 17.7 Å². The minimum atomic E-state index is -0.255. The molecule has 0 aliphatic carbocycles. The maximum Gasteiger partial charge on any atom is 0.123 e. The van der Waals surface area contributed by atoms with E-state index in [9.17, 15) is 9.50 Å². The minimum Gasteiger partial charge on any atom is -0.396 e. The quantitative estimate of drug-likeness (QED) is 0.872. The molecule has 2 rings (SSSR count). The summed E-state index contributed by atoms with van der Waals surface area (Å²) in [6.07, 6.45) is 0. The second-order valence-electron chi connectivity index (χ2n) is 5.89. The molecule has 0 radical (unpaired) electrons. The summed E-state index contributed by atoms with van der Waals surface area (Å²) < 4.78 is 13.1. The number of aliphatic hydroxyl groups excluding tert-OH is 1. The van der Waals surface area contributed by atoms with Crippen molar-refractivity contribution >= 4 is 0 Å². The van der Waals surface area contributed by atoms with E-state index in [4.69, 9.17) is 0 Å². The third kappa shape index (κ3) is 3.32. The fourth-order valence-corrected chi connectivity index (χ4v) is 2.83. The fourth-order valence-electron chi connectivity index (χ4n) is 2.83. The molecule has 2 N–H and O–H groups in total. The third-order valence-corrected chi connectivity index (χ3v) is 3.85. The molecule has 1 aliphatic heterocycles. The van der Waals surface area contributed by atoms with E-state index < -0.39 is 0 Å². The van der Waals surface area contributed by atoms with E-state index in [2.05, 4.69) is 24.1 Å². The standard InChI is InChI=1S/C15H23FN2O/c1-15(2,11-19)14(18-9-7-17-8-10-18)12-3-5-13(16)6-4-12/h3-6,14,17,19H,7-11H2,1-2H3/t14-/m1/s1. The van der Waals surface area contributed by atoms with E-state index in [0.717, 1.165) is 31.7 Å². The van der Waals surface area contributed by atoms with Gasteiger partial charge in [0.25, 0.3) is 0 Å². The normalized spacial score (nSPS) is 19.4. The van der Waals surface area contributed by atoms with Crippen LogP contribution in [-0.4, -0.2) is 42.8 Å². The maximum atomic E-state index is 13.1. The van der Waals surface area contributed by atoms with Gasteiger partial charge in [-0.1, -0.05) is 26.0 Å². The zero-order valence-electron chi connectivity index (χ0n) is 11.7. The average Bonchev–Trinajstić information content (AvgIpc) is 2.42. The van der Waals surface area contributed by atoms with Gasteiger partial charge in [-0.15, -0.1) is 0 Å². The van der Waals surface area contributed by atoms with Gasteiger partial charge in [-0.2, -0.15) is 0 Å². The molecule has 0 aromatic heterocycles. The van der Waals surface area contributed by atoms with Gasteiger partial charge in [0.2, 0.25) is 0 Å². The van der Waals surface area contributed by atoms with Crippen molar-refractivity contribution in [2.75, 3.05) is 32.8 Å². The summed E-state index contributed by atoms with van der Waals surface area (Å²) in [5.74, 6) is -0.218. The van der Waals surface area contributed by atoms with Crippen molar-refractivity contribution in [1.82, 2.24) is 10.2 Å². The summed E-state index contributed by atoms with van der Waals surface area (Å²) in [6, 6.07) is 6.77. The smallest absolute Gasteiger partial charge is 0.123 e. The number of aliphatic hydroxyl groups is 1. The zero-order valence-corrected chi connectivity index (χ0v) is 11.7. The van der Waals surface area contributed by atoms with Gasteiger partial charge >= 0.3 is 0 Å². The molecular weight excluding hydrogens is 243 g/mol. The van der Waals surface area contributed by atoms with Crippen molar-refractivity contribution in [1.29, 1.82) is 0 Å². The van der Waals surface area contributed by atoms with Gasteiger partial charge < -0.3 is 10.4 Å². The molecule has 19 heavy (non-hydrogen) atoms. The molecule has 0 amide bonds. The first-order valence-corrected chi connectivity index (χ1v) is 6.86. The summed E-state index contributed by atoms with van der Waals surface area (Å²) >= 11 is 0. The number of hydrogen-bond donors (Lipinski definition) is 2.